The lowest BCUT2D eigenvalue weighted by molar-refractivity contribution is 0.812. The lowest BCUT2D eigenvalue weighted by Gasteiger charge is -2.00. The van der Waals surface area contributed by atoms with Crippen LogP contribution < -0.4 is 0 Å². The van der Waals surface area contributed by atoms with E-state index in [4.69, 9.17) is 0 Å². The Morgan fingerprint density at radius 3 is 2.76 bits per heavy atom. The Balaban J connectivity index is 1.84. The molecule has 1 N–H and O–H groups in total. The van der Waals surface area contributed by atoms with Gasteiger partial charge in [-0.1, -0.05) is 30.3 Å². The number of aromatic amines is 1. The zero-order valence-electron chi connectivity index (χ0n) is 9.17. The first-order valence-electron chi connectivity index (χ1n) is 5.49. The van der Waals surface area contributed by atoms with Crippen molar-refractivity contribution in [2.75, 3.05) is 0 Å². The number of benzene rings is 1. The maximum absolute atomic E-state index is 4.06. The molecule has 0 aliphatic carbocycles. The average Bonchev–Trinajstić information content (AvgIpc) is 2.86. The molecule has 2 aromatic heterocycles. The van der Waals surface area contributed by atoms with Crippen molar-refractivity contribution in [3.8, 4) is 0 Å². The second-order valence-corrected chi connectivity index (χ2v) is 3.85. The van der Waals surface area contributed by atoms with Gasteiger partial charge in [0, 0.05) is 0 Å². The molecule has 3 rings (SSSR count). The third-order valence-electron chi connectivity index (χ3n) is 2.72. The minimum absolute atomic E-state index is 0.767. The summed E-state index contributed by atoms with van der Waals surface area (Å²) >= 11 is 0. The fourth-order valence-corrected chi connectivity index (χ4v) is 1.82. The van der Waals surface area contributed by atoms with E-state index in [0.29, 0.717) is 0 Å². The van der Waals surface area contributed by atoms with E-state index in [1.165, 1.54) is 5.56 Å². The quantitative estimate of drug-likeness (QED) is 0.734. The highest BCUT2D eigenvalue weighted by atomic mass is 15.3. The highest BCUT2D eigenvalue weighted by Crippen LogP contribution is 2.12. The molecule has 1 aromatic carbocycles. The number of hydrogen-bond acceptors (Lipinski definition) is 4. The zero-order chi connectivity index (χ0) is 11.5. The summed E-state index contributed by atoms with van der Waals surface area (Å²) in [4.78, 5) is 0. The van der Waals surface area contributed by atoms with Gasteiger partial charge in [0.25, 0.3) is 0 Å². The predicted octanol–water partition coefficient (Wildman–Crippen LogP) is 1.53. The molecule has 5 nitrogen and oxygen atoms in total. The summed E-state index contributed by atoms with van der Waals surface area (Å²) in [5, 5.41) is 18.6. The van der Waals surface area contributed by atoms with Crippen molar-refractivity contribution in [1.29, 1.82) is 0 Å². The highest BCUT2D eigenvalue weighted by Gasteiger charge is 2.06. The van der Waals surface area contributed by atoms with E-state index in [2.05, 4.69) is 37.7 Å². The van der Waals surface area contributed by atoms with Crippen molar-refractivity contribution in [2.24, 2.45) is 0 Å². The Hall–Kier alpha value is -2.30. The van der Waals surface area contributed by atoms with E-state index in [1.807, 2.05) is 18.2 Å². The van der Waals surface area contributed by atoms with E-state index in [9.17, 15) is 0 Å². The molecule has 0 amide bonds. The van der Waals surface area contributed by atoms with Gasteiger partial charge in [0.05, 0.1) is 11.9 Å². The van der Waals surface area contributed by atoms with Gasteiger partial charge in [-0.2, -0.15) is 5.10 Å². The summed E-state index contributed by atoms with van der Waals surface area (Å²) in [7, 11) is 0. The zero-order valence-corrected chi connectivity index (χ0v) is 9.17. The Morgan fingerprint density at radius 2 is 1.88 bits per heavy atom. The minimum Gasteiger partial charge on any atom is -0.274 e. The van der Waals surface area contributed by atoms with Crippen LogP contribution in [0.25, 0.3) is 11.0 Å². The molecule has 2 heterocycles. The van der Waals surface area contributed by atoms with Crippen molar-refractivity contribution in [3.05, 3.63) is 47.8 Å². The van der Waals surface area contributed by atoms with Crippen LogP contribution in [-0.2, 0) is 12.8 Å². The van der Waals surface area contributed by atoms with E-state index >= 15 is 0 Å². The van der Waals surface area contributed by atoms with Crippen molar-refractivity contribution in [3.63, 3.8) is 0 Å². The number of aryl methyl sites for hydroxylation is 2. The van der Waals surface area contributed by atoms with E-state index in [0.717, 1.165) is 29.6 Å². The van der Waals surface area contributed by atoms with Crippen LogP contribution in [0.3, 0.4) is 0 Å². The normalized spacial score (nSPS) is 10.8. The third kappa shape index (κ3) is 1.99. The molecular weight excluding hydrogens is 214 g/mol. The van der Waals surface area contributed by atoms with Crippen LogP contribution in [-0.4, -0.2) is 25.6 Å². The number of nitrogens with zero attached hydrogens (tertiary/aromatic N) is 4. The Kier molecular flexibility index (Phi) is 2.50. The predicted molar refractivity (Wildman–Crippen MR) is 63.3 cm³/mol. The molecule has 0 spiro atoms. The topological polar surface area (TPSA) is 67.3 Å². The summed E-state index contributed by atoms with van der Waals surface area (Å²) in [5.41, 5.74) is 3.86. The SMILES string of the molecule is c1ccc(CCc2nnnc3cn[nH]c23)cc1. The second kappa shape index (κ2) is 4.29. The second-order valence-electron chi connectivity index (χ2n) is 3.85. The molecule has 84 valence electrons. The standard InChI is InChI=1S/C12H11N5/c1-2-4-9(5-3-1)6-7-10-12-11(8-13-16-12)15-17-14-10/h1-5,8H,6-7H2,(H,13,16). The first-order valence-corrected chi connectivity index (χ1v) is 5.49. The van der Waals surface area contributed by atoms with Gasteiger partial charge in [0.2, 0.25) is 0 Å². The van der Waals surface area contributed by atoms with Crippen LogP contribution in [0.4, 0.5) is 0 Å². The Labute approximate surface area is 97.9 Å². The molecule has 0 aliphatic heterocycles. The van der Waals surface area contributed by atoms with Crippen molar-refractivity contribution >= 4 is 11.0 Å². The highest BCUT2D eigenvalue weighted by molar-refractivity contribution is 5.74. The molecule has 5 heteroatoms. The van der Waals surface area contributed by atoms with Gasteiger partial charge in [-0.25, -0.2) is 0 Å². The van der Waals surface area contributed by atoms with Crippen LogP contribution >= 0.6 is 0 Å². The van der Waals surface area contributed by atoms with Crippen molar-refractivity contribution in [2.45, 2.75) is 12.8 Å². The molecule has 0 saturated carbocycles. The summed E-state index contributed by atoms with van der Waals surface area (Å²) in [6, 6.07) is 10.3. The van der Waals surface area contributed by atoms with Crippen LogP contribution in [0.15, 0.2) is 36.5 Å². The first-order chi connectivity index (χ1) is 8.43. The first kappa shape index (κ1) is 9.89. The van der Waals surface area contributed by atoms with Gasteiger partial charge in [-0.05, 0) is 23.6 Å². The molecule has 3 aromatic rings. The summed E-state index contributed by atoms with van der Waals surface area (Å²) in [6.45, 7) is 0. The Bertz CT molecular complexity index is 617. The molecule has 0 saturated heterocycles. The molecule has 0 bridgehead atoms. The average molecular weight is 225 g/mol. The Morgan fingerprint density at radius 1 is 1.00 bits per heavy atom. The van der Waals surface area contributed by atoms with Crippen molar-refractivity contribution in [1.82, 2.24) is 25.6 Å². The van der Waals surface area contributed by atoms with E-state index in [1.54, 1.807) is 6.20 Å². The van der Waals surface area contributed by atoms with Gasteiger partial charge in [-0.15, -0.1) is 10.2 Å². The monoisotopic (exact) mass is 225 g/mol. The van der Waals surface area contributed by atoms with Crippen LogP contribution in [0, 0.1) is 0 Å². The number of fused-ring (bicyclic) bond motifs is 1. The summed E-state index contributed by atoms with van der Waals surface area (Å²) in [6.07, 6.45) is 3.43. The molecule has 0 atom stereocenters. The smallest absolute Gasteiger partial charge is 0.134 e. The van der Waals surface area contributed by atoms with Crippen molar-refractivity contribution < 1.29 is 0 Å². The van der Waals surface area contributed by atoms with Crippen LogP contribution in [0.1, 0.15) is 11.3 Å². The van der Waals surface area contributed by atoms with Gasteiger partial charge in [0.15, 0.2) is 0 Å². The molecule has 0 radical (unpaired) electrons. The molecular formula is C12H11N5. The molecule has 0 aliphatic rings. The summed E-state index contributed by atoms with van der Waals surface area (Å²) in [5.74, 6) is 0. The number of hydrogen-bond donors (Lipinski definition) is 1. The lowest BCUT2D eigenvalue weighted by atomic mass is 10.1. The molecule has 0 fully saturated rings. The van der Waals surface area contributed by atoms with E-state index < -0.39 is 0 Å². The van der Waals surface area contributed by atoms with Crippen LogP contribution in [0.2, 0.25) is 0 Å². The summed E-state index contributed by atoms with van der Waals surface area (Å²) < 4.78 is 0. The van der Waals surface area contributed by atoms with Crippen LogP contribution in [0.5, 0.6) is 0 Å². The molecule has 0 unspecified atom stereocenters. The number of rotatable bonds is 3. The number of nitrogens with one attached hydrogen (secondary N) is 1. The maximum Gasteiger partial charge on any atom is 0.134 e. The van der Waals surface area contributed by atoms with Gasteiger partial charge >= 0.3 is 0 Å². The van der Waals surface area contributed by atoms with E-state index in [-0.39, 0.29) is 0 Å². The molecule has 17 heavy (non-hydrogen) atoms. The fourth-order valence-electron chi connectivity index (χ4n) is 1.82. The number of aromatic nitrogens is 5. The van der Waals surface area contributed by atoms with Gasteiger partial charge in [0.1, 0.15) is 11.0 Å². The largest absolute Gasteiger partial charge is 0.274 e. The number of H-pyrrole nitrogens is 1. The van der Waals surface area contributed by atoms with Gasteiger partial charge < -0.3 is 0 Å². The minimum atomic E-state index is 0.767. The fraction of sp³-hybridized carbons (Fsp3) is 0.167. The maximum atomic E-state index is 4.06. The third-order valence-corrected chi connectivity index (χ3v) is 2.72. The lowest BCUT2D eigenvalue weighted by Crippen LogP contribution is -1.99. The van der Waals surface area contributed by atoms with Gasteiger partial charge in [-0.3, -0.25) is 5.10 Å².